The van der Waals surface area contributed by atoms with Gasteiger partial charge in [0.15, 0.2) is 11.6 Å². The van der Waals surface area contributed by atoms with Gasteiger partial charge in [-0.3, -0.25) is 0 Å². The molecule has 0 amide bonds. The number of hydrogen-bond acceptors (Lipinski definition) is 2. The third kappa shape index (κ3) is 6.06. The first-order valence-corrected chi connectivity index (χ1v) is 11.7. The zero-order chi connectivity index (χ0) is 23.3. The van der Waals surface area contributed by atoms with Gasteiger partial charge in [0.2, 0.25) is 0 Å². The molecule has 2 fully saturated rings. The highest BCUT2D eigenvalue weighted by Gasteiger charge is 2.29. The molecule has 1 aromatic rings. The summed E-state index contributed by atoms with van der Waals surface area (Å²) in [6, 6.07) is 3.53. The van der Waals surface area contributed by atoms with Gasteiger partial charge in [-0.25, -0.2) is 13.2 Å². The molecule has 0 spiro atoms. The molecule has 2 saturated carbocycles. The number of rotatable bonds is 8. The molecule has 0 radical (unpaired) electrons. The predicted octanol–water partition coefficient (Wildman–Crippen LogP) is 7.61. The summed E-state index contributed by atoms with van der Waals surface area (Å²) in [5, 5.41) is 9.67. The molecule has 0 aliphatic heterocycles. The highest BCUT2D eigenvalue weighted by Crippen LogP contribution is 2.41. The van der Waals surface area contributed by atoms with Crippen molar-refractivity contribution in [3.8, 4) is 0 Å². The maximum absolute atomic E-state index is 15.0. The summed E-state index contributed by atoms with van der Waals surface area (Å²) in [5.74, 6) is -1.11. The summed E-state index contributed by atoms with van der Waals surface area (Å²) in [6.45, 7) is 7.40. The Hall–Kier alpha value is -2.01. The second-order valence-corrected chi connectivity index (χ2v) is 9.40. The molecule has 176 valence electrons. The largest absolute Gasteiger partial charge is 0.497 e. The van der Waals surface area contributed by atoms with Gasteiger partial charge >= 0.3 is 0 Å². The zero-order valence-corrected chi connectivity index (χ0v) is 19.0. The molecule has 0 bridgehead atoms. The van der Waals surface area contributed by atoms with Crippen molar-refractivity contribution in [1.82, 2.24) is 0 Å². The molecule has 0 heterocycles. The Labute approximate surface area is 189 Å². The molecule has 5 heteroatoms. The monoisotopic (exact) mass is 448 g/mol. The topological polar surface area (TPSA) is 29.5 Å². The van der Waals surface area contributed by atoms with E-state index < -0.39 is 17.5 Å². The molecule has 0 unspecified atom stereocenters. The van der Waals surface area contributed by atoms with Crippen LogP contribution in [0.15, 0.2) is 48.5 Å². The smallest absolute Gasteiger partial charge is 0.162 e. The van der Waals surface area contributed by atoms with Crippen molar-refractivity contribution in [3.05, 3.63) is 71.3 Å². The van der Waals surface area contributed by atoms with E-state index >= 15 is 0 Å². The fraction of sp³-hybridized carbons (Fsp3) is 0.556. The fourth-order valence-electron chi connectivity index (χ4n) is 5.16. The van der Waals surface area contributed by atoms with Gasteiger partial charge in [0.25, 0.3) is 0 Å². The number of benzene rings is 1. The minimum Gasteiger partial charge on any atom is -0.497 e. The zero-order valence-electron chi connectivity index (χ0n) is 19.0. The molecule has 2 aliphatic carbocycles. The van der Waals surface area contributed by atoms with E-state index in [1.807, 2.05) is 0 Å². The van der Waals surface area contributed by atoms with Crippen molar-refractivity contribution in [1.29, 1.82) is 0 Å². The SMILES string of the molecule is C=C(/C=C(/F)C(=C)CCC1CCC(c2ccc(C3CCC(O)CC3)c(F)c2F)CC1)OC. The van der Waals surface area contributed by atoms with Gasteiger partial charge in [0.05, 0.1) is 13.2 Å². The molecule has 3 rings (SSSR count). The summed E-state index contributed by atoms with van der Waals surface area (Å²) in [5.41, 5.74) is 1.37. The molecular weight excluding hydrogens is 413 g/mol. The van der Waals surface area contributed by atoms with Gasteiger partial charge in [-0.05, 0) is 98.7 Å². The highest BCUT2D eigenvalue weighted by molar-refractivity contribution is 5.32. The standard InChI is InChI=1S/C27H35F3O2/c1-17(25(28)16-18(2)32-3)4-5-19-6-8-20(9-7-19)23-14-15-24(27(30)26(23)29)21-10-12-22(31)13-11-21/h14-16,19-22,31H,1-2,4-13H2,3H3/b25-16+. The Morgan fingerprint density at radius 1 is 0.969 bits per heavy atom. The van der Waals surface area contributed by atoms with Crippen LogP contribution in [0, 0.1) is 17.6 Å². The molecular formula is C27H35F3O2. The first-order chi connectivity index (χ1) is 15.3. The highest BCUT2D eigenvalue weighted by atomic mass is 19.2. The Morgan fingerprint density at radius 3 is 1.97 bits per heavy atom. The summed E-state index contributed by atoms with van der Waals surface area (Å²) < 4.78 is 48.8. The van der Waals surface area contributed by atoms with Crippen LogP contribution in [0.1, 0.15) is 87.2 Å². The number of allylic oxidation sites excluding steroid dienone is 3. The summed E-state index contributed by atoms with van der Waals surface area (Å²) in [7, 11) is 1.44. The predicted molar refractivity (Wildman–Crippen MR) is 122 cm³/mol. The van der Waals surface area contributed by atoms with E-state index in [-0.39, 0.29) is 23.7 Å². The van der Waals surface area contributed by atoms with Crippen molar-refractivity contribution in [2.24, 2.45) is 5.92 Å². The Bertz CT molecular complexity index is 845. The van der Waals surface area contributed by atoms with E-state index in [9.17, 15) is 18.3 Å². The Morgan fingerprint density at radius 2 is 1.47 bits per heavy atom. The lowest BCUT2D eigenvalue weighted by Crippen LogP contribution is -2.19. The second kappa shape index (κ2) is 11.2. The van der Waals surface area contributed by atoms with Gasteiger partial charge < -0.3 is 9.84 Å². The van der Waals surface area contributed by atoms with Crippen LogP contribution in [0.2, 0.25) is 0 Å². The minimum atomic E-state index is -0.706. The van der Waals surface area contributed by atoms with Crippen molar-refractivity contribution in [2.45, 2.75) is 82.1 Å². The first kappa shape index (κ1) is 24.6. The van der Waals surface area contributed by atoms with Crippen LogP contribution in [0.25, 0.3) is 0 Å². The number of halogens is 3. The van der Waals surface area contributed by atoms with Gasteiger partial charge in [-0.1, -0.05) is 25.3 Å². The van der Waals surface area contributed by atoms with Crippen LogP contribution in [0.5, 0.6) is 0 Å². The number of ether oxygens (including phenoxy) is 1. The third-order valence-corrected chi connectivity index (χ3v) is 7.31. The molecule has 0 aromatic heterocycles. The van der Waals surface area contributed by atoms with Crippen LogP contribution in [0.4, 0.5) is 13.2 Å². The minimum absolute atomic E-state index is 0.0127. The lowest BCUT2D eigenvalue weighted by Gasteiger charge is -2.30. The van der Waals surface area contributed by atoms with E-state index in [1.165, 1.54) is 13.2 Å². The van der Waals surface area contributed by atoms with E-state index in [1.54, 1.807) is 12.1 Å². The van der Waals surface area contributed by atoms with E-state index in [2.05, 4.69) is 13.2 Å². The number of hydrogen-bond donors (Lipinski definition) is 1. The number of methoxy groups -OCH3 is 1. The van der Waals surface area contributed by atoms with E-state index in [0.717, 1.165) is 32.1 Å². The molecule has 0 saturated heterocycles. The average molecular weight is 449 g/mol. The van der Waals surface area contributed by atoms with Crippen molar-refractivity contribution >= 4 is 0 Å². The van der Waals surface area contributed by atoms with Gasteiger partial charge in [-0.2, -0.15) is 0 Å². The fourth-order valence-corrected chi connectivity index (χ4v) is 5.16. The first-order valence-electron chi connectivity index (χ1n) is 11.7. The molecule has 0 atom stereocenters. The molecule has 2 aliphatic rings. The van der Waals surface area contributed by atoms with Crippen molar-refractivity contribution in [3.63, 3.8) is 0 Å². The lowest BCUT2D eigenvalue weighted by atomic mass is 9.76. The van der Waals surface area contributed by atoms with Gasteiger partial charge in [0, 0.05) is 6.08 Å². The molecule has 2 nitrogen and oxygen atoms in total. The van der Waals surface area contributed by atoms with Crippen LogP contribution in [0.3, 0.4) is 0 Å². The number of aliphatic hydroxyl groups excluding tert-OH is 1. The van der Waals surface area contributed by atoms with Crippen LogP contribution >= 0.6 is 0 Å². The molecule has 1 aromatic carbocycles. The summed E-state index contributed by atoms with van der Waals surface area (Å²) in [4.78, 5) is 0. The van der Waals surface area contributed by atoms with E-state index in [4.69, 9.17) is 4.74 Å². The van der Waals surface area contributed by atoms with Crippen molar-refractivity contribution < 1.29 is 23.0 Å². The van der Waals surface area contributed by atoms with Crippen LogP contribution in [-0.2, 0) is 4.74 Å². The molecule has 1 N–H and O–H groups in total. The van der Waals surface area contributed by atoms with Crippen LogP contribution in [-0.4, -0.2) is 18.3 Å². The van der Waals surface area contributed by atoms with Gasteiger partial charge in [-0.15, -0.1) is 0 Å². The maximum atomic E-state index is 15.0. The normalized spacial score (nSPS) is 26.6. The van der Waals surface area contributed by atoms with Gasteiger partial charge in [0.1, 0.15) is 11.6 Å². The Kier molecular flexibility index (Phi) is 8.64. The summed E-state index contributed by atoms with van der Waals surface area (Å²) in [6.07, 6.45) is 8.44. The van der Waals surface area contributed by atoms with Crippen LogP contribution < -0.4 is 0 Å². The Balaban J connectivity index is 1.54. The molecule has 32 heavy (non-hydrogen) atoms. The van der Waals surface area contributed by atoms with Crippen molar-refractivity contribution in [2.75, 3.05) is 7.11 Å². The average Bonchev–Trinajstić information content (AvgIpc) is 2.80. The lowest BCUT2D eigenvalue weighted by molar-refractivity contribution is 0.122. The number of aliphatic hydroxyl groups is 1. The third-order valence-electron chi connectivity index (χ3n) is 7.31. The van der Waals surface area contributed by atoms with E-state index in [0.29, 0.717) is 54.7 Å². The quantitative estimate of drug-likeness (QED) is 0.328. The second-order valence-electron chi connectivity index (χ2n) is 9.40. The maximum Gasteiger partial charge on any atom is 0.162 e. The summed E-state index contributed by atoms with van der Waals surface area (Å²) >= 11 is 0.